The zero-order chi connectivity index (χ0) is 12.8. The highest BCUT2D eigenvalue weighted by molar-refractivity contribution is 4.72. The minimum atomic E-state index is 0.847. The van der Waals surface area contributed by atoms with Gasteiger partial charge in [0.1, 0.15) is 0 Å². The van der Waals surface area contributed by atoms with Gasteiger partial charge in [-0.2, -0.15) is 0 Å². The van der Waals surface area contributed by atoms with E-state index in [0.717, 1.165) is 12.5 Å². The first-order chi connectivity index (χ1) is 8.74. The summed E-state index contributed by atoms with van der Waals surface area (Å²) in [6, 6.07) is 0. The Kier molecular flexibility index (Phi) is 5.89. The van der Waals surface area contributed by atoms with E-state index in [1.54, 1.807) is 0 Å². The molecule has 4 heteroatoms. The molecule has 0 amide bonds. The number of rotatable bonds is 0. The predicted octanol–water partition coefficient (Wildman–Crippen LogP) is 0.860. The van der Waals surface area contributed by atoms with Gasteiger partial charge < -0.3 is 9.80 Å². The molecule has 2 bridgehead atoms. The van der Waals surface area contributed by atoms with Gasteiger partial charge in [-0.15, -0.1) is 0 Å². The fraction of sp³-hybridized carbons (Fsp3) is 1.00. The highest BCUT2D eigenvalue weighted by atomic mass is 15.5. The average Bonchev–Trinajstić information content (AvgIpc) is 2.37. The third-order valence-corrected chi connectivity index (χ3v) is 4.42. The van der Waals surface area contributed by atoms with Crippen LogP contribution >= 0.6 is 0 Å². The molecule has 0 aromatic carbocycles. The summed E-state index contributed by atoms with van der Waals surface area (Å²) in [5, 5.41) is 2.29. The molecule has 0 aliphatic carbocycles. The van der Waals surface area contributed by atoms with Crippen molar-refractivity contribution >= 4 is 0 Å². The van der Waals surface area contributed by atoms with Gasteiger partial charge in [0, 0.05) is 33.2 Å². The third-order valence-electron chi connectivity index (χ3n) is 4.42. The Morgan fingerprint density at radius 1 is 0.833 bits per heavy atom. The molecule has 2 aliphatic rings. The van der Waals surface area contributed by atoms with E-state index in [0.29, 0.717) is 0 Å². The van der Waals surface area contributed by atoms with E-state index in [2.05, 4.69) is 34.3 Å². The maximum absolute atomic E-state index is 3.57. The van der Waals surface area contributed by atoms with Crippen LogP contribution in [-0.4, -0.2) is 74.7 Å². The number of hydrogen-bond acceptors (Lipinski definition) is 4. The topological polar surface area (TPSA) is 21.8 Å². The van der Waals surface area contributed by atoms with E-state index in [9.17, 15) is 0 Å². The molecular weight excluding hydrogens is 224 g/mol. The molecule has 2 atom stereocenters. The van der Waals surface area contributed by atoms with Gasteiger partial charge in [0.05, 0.1) is 0 Å². The van der Waals surface area contributed by atoms with Crippen molar-refractivity contribution in [3.05, 3.63) is 0 Å². The van der Waals surface area contributed by atoms with Crippen molar-refractivity contribution in [2.45, 2.75) is 25.7 Å². The van der Waals surface area contributed by atoms with Crippen LogP contribution in [0.15, 0.2) is 0 Å². The lowest BCUT2D eigenvalue weighted by Gasteiger charge is -2.32. The van der Waals surface area contributed by atoms with E-state index in [-0.39, 0.29) is 0 Å². The van der Waals surface area contributed by atoms with Gasteiger partial charge in [-0.1, -0.05) is 0 Å². The van der Waals surface area contributed by atoms with Crippen LogP contribution in [0, 0.1) is 5.92 Å². The van der Waals surface area contributed by atoms with Crippen LogP contribution in [0.5, 0.6) is 0 Å². The second-order valence-corrected chi connectivity index (χ2v) is 6.08. The van der Waals surface area contributed by atoms with Crippen molar-refractivity contribution in [2.24, 2.45) is 5.92 Å². The van der Waals surface area contributed by atoms with Crippen LogP contribution in [-0.2, 0) is 0 Å². The SMILES string of the molecule is CN1CCCC2CCN(CCCN(C)NC2)CC1. The fourth-order valence-corrected chi connectivity index (χ4v) is 3.02. The summed E-state index contributed by atoms with van der Waals surface area (Å²) in [6.07, 6.45) is 5.37. The minimum Gasteiger partial charge on any atom is -0.305 e. The number of likely N-dealkylation sites (N-methyl/N-ethyl adjacent to an activating group) is 1. The van der Waals surface area contributed by atoms with Crippen molar-refractivity contribution in [1.29, 1.82) is 0 Å². The molecule has 2 aliphatic heterocycles. The Bertz CT molecular complexity index is 210. The van der Waals surface area contributed by atoms with E-state index < -0.39 is 0 Å². The lowest BCUT2D eigenvalue weighted by atomic mass is 9.98. The summed E-state index contributed by atoms with van der Waals surface area (Å²) >= 11 is 0. The Balaban J connectivity index is 1.95. The van der Waals surface area contributed by atoms with Gasteiger partial charge in [-0.3, -0.25) is 5.43 Å². The zero-order valence-electron chi connectivity index (χ0n) is 12.2. The maximum atomic E-state index is 3.57. The largest absolute Gasteiger partial charge is 0.305 e. The molecule has 2 unspecified atom stereocenters. The van der Waals surface area contributed by atoms with Crippen LogP contribution in [0.3, 0.4) is 0 Å². The lowest BCUT2D eigenvalue weighted by molar-refractivity contribution is 0.141. The van der Waals surface area contributed by atoms with Gasteiger partial charge in [0.25, 0.3) is 0 Å². The van der Waals surface area contributed by atoms with Crippen molar-refractivity contribution < 1.29 is 0 Å². The van der Waals surface area contributed by atoms with Crippen molar-refractivity contribution in [3.63, 3.8) is 0 Å². The number of fused-ring (bicyclic) bond motifs is 3. The van der Waals surface area contributed by atoms with E-state index in [1.807, 2.05) is 0 Å². The van der Waals surface area contributed by atoms with Gasteiger partial charge in [-0.05, 0) is 58.3 Å². The molecular formula is C14H30N4. The number of hydrazine groups is 1. The van der Waals surface area contributed by atoms with Crippen LogP contribution in [0.4, 0.5) is 0 Å². The summed E-state index contributed by atoms with van der Waals surface area (Å²) in [5.41, 5.74) is 3.57. The Labute approximate surface area is 112 Å². The molecule has 0 radical (unpaired) electrons. The van der Waals surface area contributed by atoms with Crippen LogP contribution < -0.4 is 5.43 Å². The first-order valence-corrected chi connectivity index (χ1v) is 7.59. The van der Waals surface area contributed by atoms with Gasteiger partial charge in [-0.25, -0.2) is 5.01 Å². The summed E-state index contributed by atoms with van der Waals surface area (Å²) < 4.78 is 0. The Morgan fingerprint density at radius 3 is 2.61 bits per heavy atom. The molecule has 2 rings (SSSR count). The van der Waals surface area contributed by atoms with Crippen LogP contribution in [0.1, 0.15) is 25.7 Å². The lowest BCUT2D eigenvalue weighted by Crippen LogP contribution is -2.44. The van der Waals surface area contributed by atoms with E-state index >= 15 is 0 Å². The first kappa shape index (κ1) is 14.3. The second kappa shape index (κ2) is 7.43. The Morgan fingerprint density at radius 2 is 1.72 bits per heavy atom. The molecule has 0 spiro atoms. The van der Waals surface area contributed by atoms with Crippen molar-refractivity contribution in [1.82, 2.24) is 20.2 Å². The molecule has 4 nitrogen and oxygen atoms in total. The highest BCUT2D eigenvalue weighted by Gasteiger charge is 2.17. The molecule has 0 aromatic heterocycles. The summed E-state index contributed by atoms with van der Waals surface area (Å²) in [6.45, 7) is 8.63. The van der Waals surface area contributed by atoms with Gasteiger partial charge >= 0.3 is 0 Å². The fourth-order valence-electron chi connectivity index (χ4n) is 3.02. The maximum Gasteiger partial charge on any atom is 0.0140 e. The molecule has 2 heterocycles. The Hall–Kier alpha value is -0.160. The summed E-state index contributed by atoms with van der Waals surface area (Å²) in [4.78, 5) is 5.18. The van der Waals surface area contributed by atoms with Crippen LogP contribution in [0.25, 0.3) is 0 Å². The van der Waals surface area contributed by atoms with E-state index in [1.165, 1.54) is 65.0 Å². The van der Waals surface area contributed by atoms with Gasteiger partial charge in [0.15, 0.2) is 0 Å². The summed E-state index contributed by atoms with van der Waals surface area (Å²) in [5.74, 6) is 0.847. The van der Waals surface area contributed by atoms with Crippen molar-refractivity contribution in [2.75, 3.05) is 59.9 Å². The smallest absolute Gasteiger partial charge is 0.0140 e. The number of hydrogen-bond donors (Lipinski definition) is 1. The highest BCUT2D eigenvalue weighted by Crippen LogP contribution is 2.15. The normalized spacial score (nSPS) is 34.3. The molecule has 2 saturated heterocycles. The predicted molar refractivity (Wildman–Crippen MR) is 76.5 cm³/mol. The molecule has 0 aromatic rings. The standard InChI is InChI=1S/C14H30N4/c1-16-7-3-5-14-6-10-18(12-11-16)9-4-8-17(2)15-13-14/h14-15H,3-13H2,1-2H3. The van der Waals surface area contributed by atoms with Crippen LogP contribution in [0.2, 0.25) is 0 Å². The number of nitrogens with zero attached hydrogens (tertiary/aromatic N) is 3. The molecule has 18 heavy (non-hydrogen) atoms. The quantitative estimate of drug-likeness (QED) is 0.692. The second-order valence-electron chi connectivity index (χ2n) is 6.08. The minimum absolute atomic E-state index is 0.847. The van der Waals surface area contributed by atoms with E-state index in [4.69, 9.17) is 0 Å². The monoisotopic (exact) mass is 254 g/mol. The molecule has 1 N–H and O–H groups in total. The zero-order valence-corrected chi connectivity index (χ0v) is 12.2. The molecule has 106 valence electrons. The number of nitrogens with one attached hydrogen (secondary N) is 1. The average molecular weight is 254 g/mol. The van der Waals surface area contributed by atoms with Crippen molar-refractivity contribution in [3.8, 4) is 0 Å². The van der Waals surface area contributed by atoms with Gasteiger partial charge in [0.2, 0.25) is 0 Å². The molecule has 2 fully saturated rings. The molecule has 0 saturated carbocycles. The third kappa shape index (κ3) is 4.84. The summed E-state index contributed by atoms with van der Waals surface area (Å²) in [7, 11) is 4.45. The first-order valence-electron chi connectivity index (χ1n) is 7.59.